The first-order chi connectivity index (χ1) is 8.90. The Morgan fingerprint density at radius 3 is 2.15 bits per heavy atom. The number of nitrogens with zero attached hydrogens (tertiary/aromatic N) is 2. The Labute approximate surface area is 131 Å². The minimum absolute atomic E-state index is 0. The van der Waals surface area contributed by atoms with Crippen LogP contribution in [0.1, 0.15) is 32.9 Å². The van der Waals surface area contributed by atoms with E-state index in [2.05, 4.69) is 19.1 Å². The SMILES string of the molecule is Cc1cc(C)c(C(=O)Cn2cc[n+](C)c2C)c(C)c1.[Br-]. The van der Waals surface area contributed by atoms with E-state index in [0.717, 1.165) is 22.5 Å². The van der Waals surface area contributed by atoms with Gasteiger partial charge in [-0.15, -0.1) is 0 Å². The predicted octanol–water partition coefficient (Wildman–Crippen LogP) is -0.567. The van der Waals surface area contributed by atoms with Crippen molar-refractivity contribution < 1.29 is 26.3 Å². The van der Waals surface area contributed by atoms with Crippen LogP contribution in [0, 0.1) is 27.7 Å². The second-order valence-corrected chi connectivity index (χ2v) is 5.28. The van der Waals surface area contributed by atoms with E-state index >= 15 is 0 Å². The van der Waals surface area contributed by atoms with E-state index in [0.29, 0.717) is 6.54 Å². The van der Waals surface area contributed by atoms with Crippen LogP contribution < -0.4 is 21.5 Å². The van der Waals surface area contributed by atoms with E-state index in [1.54, 1.807) is 0 Å². The van der Waals surface area contributed by atoms with Crippen LogP contribution in [0.3, 0.4) is 0 Å². The van der Waals surface area contributed by atoms with Gasteiger partial charge in [0.2, 0.25) is 5.78 Å². The van der Waals surface area contributed by atoms with Gasteiger partial charge in [-0.25, -0.2) is 9.13 Å². The highest BCUT2D eigenvalue weighted by molar-refractivity contribution is 5.98. The largest absolute Gasteiger partial charge is 1.00 e. The summed E-state index contributed by atoms with van der Waals surface area (Å²) in [7, 11) is 1.98. The molecule has 3 nitrogen and oxygen atoms in total. The number of Topliss-reactive ketones (excluding diaryl/α,β-unsaturated/α-hetero) is 1. The number of ketones is 1. The van der Waals surface area contributed by atoms with E-state index in [1.807, 2.05) is 49.3 Å². The number of carbonyl (C=O) groups is 1. The highest BCUT2D eigenvalue weighted by atomic mass is 79.9. The highest BCUT2D eigenvalue weighted by Gasteiger charge is 2.18. The molecule has 1 heterocycles. The third-order valence-corrected chi connectivity index (χ3v) is 3.67. The van der Waals surface area contributed by atoms with Crippen molar-refractivity contribution in [3.05, 3.63) is 52.6 Å². The molecule has 0 fully saturated rings. The molecule has 0 atom stereocenters. The van der Waals surface area contributed by atoms with Crippen molar-refractivity contribution in [1.29, 1.82) is 0 Å². The third kappa shape index (κ3) is 3.18. The number of hydrogen-bond acceptors (Lipinski definition) is 1. The lowest BCUT2D eigenvalue weighted by molar-refractivity contribution is -0.677. The first-order valence-corrected chi connectivity index (χ1v) is 6.52. The van der Waals surface area contributed by atoms with Gasteiger partial charge in [-0.1, -0.05) is 17.7 Å². The van der Waals surface area contributed by atoms with Crippen LogP contribution in [0.5, 0.6) is 0 Å². The zero-order valence-corrected chi connectivity index (χ0v) is 14.3. The van der Waals surface area contributed by atoms with Gasteiger partial charge in [-0.05, 0) is 31.9 Å². The summed E-state index contributed by atoms with van der Waals surface area (Å²) in [5.41, 5.74) is 4.20. The number of benzene rings is 1. The number of rotatable bonds is 3. The van der Waals surface area contributed by atoms with Crippen LogP contribution in [-0.4, -0.2) is 10.4 Å². The fourth-order valence-corrected chi connectivity index (χ4v) is 2.62. The summed E-state index contributed by atoms with van der Waals surface area (Å²) in [5, 5.41) is 0. The summed E-state index contributed by atoms with van der Waals surface area (Å²) in [4.78, 5) is 12.5. The average molecular weight is 337 g/mol. The molecule has 20 heavy (non-hydrogen) atoms. The van der Waals surface area contributed by atoms with Gasteiger partial charge < -0.3 is 17.0 Å². The van der Waals surface area contributed by atoms with E-state index in [-0.39, 0.29) is 22.8 Å². The quantitative estimate of drug-likeness (QED) is 0.544. The molecule has 0 amide bonds. The van der Waals surface area contributed by atoms with Crippen LogP contribution in [0.2, 0.25) is 0 Å². The van der Waals surface area contributed by atoms with Crippen molar-refractivity contribution in [2.75, 3.05) is 0 Å². The molecular weight excluding hydrogens is 316 g/mol. The molecule has 0 aliphatic heterocycles. The average Bonchev–Trinajstić information content (AvgIpc) is 2.59. The zero-order valence-electron chi connectivity index (χ0n) is 12.7. The lowest BCUT2D eigenvalue weighted by atomic mass is 9.96. The summed E-state index contributed by atoms with van der Waals surface area (Å²) < 4.78 is 4.00. The Kier molecular flexibility index (Phi) is 5.28. The number of hydrogen-bond donors (Lipinski definition) is 0. The fraction of sp³-hybridized carbons (Fsp3) is 0.375. The fourth-order valence-electron chi connectivity index (χ4n) is 2.62. The van der Waals surface area contributed by atoms with E-state index in [1.165, 1.54) is 5.56 Å². The second kappa shape index (κ2) is 6.35. The Hall–Kier alpha value is -1.42. The molecule has 0 saturated heterocycles. The number of aromatic nitrogens is 2. The van der Waals surface area contributed by atoms with Gasteiger partial charge in [-0.3, -0.25) is 4.79 Å². The van der Waals surface area contributed by atoms with Gasteiger partial charge in [0, 0.05) is 12.5 Å². The number of imidazole rings is 1. The van der Waals surface area contributed by atoms with Crippen molar-refractivity contribution >= 4 is 5.78 Å². The van der Waals surface area contributed by atoms with Gasteiger partial charge in [0.1, 0.15) is 12.4 Å². The molecule has 0 bridgehead atoms. The summed E-state index contributed by atoms with van der Waals surface area (Å²) >= 11 is 0. The minimum atomic E-state index is 0. The molecule has 0 aliphatic rings. The Morgan fingerprint density at radius 2 is 1.70 bits per heavy atom. The molecule has 1 aromatic carbocycles. The van der Waals surface area contributed by atoms with Gasteiger partial charge in [0.25, 0.3) is 5.82 Å². The molecule has 0 spiro atoms. The molecule has 0 aliphatic carbocycles. The van der Waals surface area contributed by atoms with Crippen molar-refractivity contribution in [2.24, 2.45) is 7.05 Å². The van der Waals surface area contributed by atoms with E-state index in [4.69, 9.17) is 0 Å². The Balaban J connectivity index is 0.00000200. The van der Waals surface area contributed by atoms with Gasteiger partial charge in [-0.2, -0.15) is 0 Å². The van der Waals surface area contributed by atoms with Crippen molar-refractivity contribution in [2.45, 2.75) is 34.2 Å². The Morgan fingerprint density at radius 1 is 1.15 bits per heavy atom. The topological polar surface area (TPSA) is 25.9 Å². The minimum Gasteiger partial charge on any atom is -1.00 e. The molecule has 1 aromatic heterocycles. The summed E-state index contributed by atoms with van der Waals surface area (Å²) in [6.45, 7) is 8.50. The van der Waals surface area contributed by atoms with E-state index in [9.17, 15) is 4.79 Å². The highest BCUT2D eigenvalue weighted by Crippen LogP contribution is 2.17. The summed E-state index contributed by atoms with van der Waals surface area (Å²) in [5.74, 6) is 1.25. The first-order valence-electron chi connectivity index (χ1n) is 6.52. The van der Waals surface area contributed by atoms with Crippen molar-refractivity contribution in [3.8, 4) is 0 Å². The Bertz CT molecular complexity index is 621. The molecule has 0 radical (unpaired) electrons. The van der Waals surface area contributed by atoms with Crippen LogP contribution in [0.15, 0.2) is 24.5 Å². The van der Waals surface area contributed by atoms with Crippen LogP contribution in [0.4, 0.5) is 0 Å². The van der Waals surface area contributed by atoms with Gasteiger partial charge >= 0.3 is 0 Å². The molecular formula is C16H21BrN2O. The summed E-state index contributed by atoms with van der Waals surface area (Å²) in [6, 6.07) is 4.14. The zero-order chi connectivity index (χ0) is 14.2. The summed E-state index contributed by atoms with van der Waals surface area (Å²) in [6.07, 6.45) is 3.92. The van der Waals surface area contributed by atoms with Gasteiger partial charge in [0.15, 0.2) is 6.54 Å². The monoisotopic (exact) mass is 336 g/mol. The first kappa shape index (κ1) is 16.6. The predicted molar refractivity (Wildman–Crippen MR) is 75.3 cm³/mol. The lowest BCUT2D eigenvalue weighted by Crippen LogP contribution is -3.00. The standard InChI is InChI=1S/C16H21N2O.BrH/c1-11-8-12(2)16(13(3)9-11)15(19)10-18-7-6-17(5)14(18)4;/h6-9H,10H2,1-5H3;1H/q+1;/p-1. The third-order valence-electron chi connectivity index (χ3n) is 3.67. The lowest BCUT2D eigenvalue weighted by Gasteiger charge is -2.09. The normalized spacial score (nSPS) is 10.2. The molecule has 0 saturated carbocycles. The second-order valence-electron chi connectivity index (χ2n) is 5.28. The molecule has 4 heteroatoms. The number of aryl methyl sites for hydroxylation is 4. The maximum Gasteiger partial charge on any atom is 0.253 e. The van der Waals surface area contributed by atoms with Crippen LogP contribution in [0.25, 0.3) is 0 Å². The molecule has 108 valence electrons. The van der Waals surface area contributed by atoms with Gasteiger partial charge in [0.05, 0.1) is 7.05 Å². The maximum atomic E-state index is 12.5. The van der Waals surface area contributed by atoms with Crippen LogP contribution >= 0.6 is 0 Å². The molecule has 2 rings (SSSR count). The van der Waals surface area contributed by atoms with E-state index < -0.39 is 0 Å². The number of halogens is 1. The smallest absolute Gasteiger partial charge is 0.253 e. The molecule has 2 aromatic rings. The number of carbonyl (C=O) groups excluding carboxylic acids is 1. The molecule has 0 N–H and O–H groups in total. The maximum absolute atomic E-state index is 12.5. The molecule has 0 unspecified atom stereocenters. The van der Waals surface area contributed by atoms with Crippen LogP contribution in [-0.2, 0) is 13.6 Å². The van der Waals surface area contributed by atoms with Crippen molar-refractivity contribution in [3.63, 3.8) is 0 Å². The van der Waals surface area contributed by atoms with Crippen molar-refractivity contribution in [1.82, 2.24) is 4.57 Å².